The molecule has 118 valence electrons. The van der Waals surface area contributed by atoms with E-state index in [-0.39, 0.29) is 17.2 Å². The van der Waals surface area contributed by atoms with Gasteiger partial charge in [0.05, 0.1) is 38.7 Å². The van der Waals surface area contributed by atoms with E-state index in [9.17, 15) is 10.0 Å². The number of piperidine rings is 1. The molecule has 0 spiro atoms. The summed E-state index contributed by atoms with van der Waals surface area (Å²) in [7, 11) is 0. The Hall–Kier alpha value is -1.32. The number of carbonyl (C=O) groups excluding carboxylic acids is 1. The van der Waals surface area contributed by atoms with Crippen LogP contribution in [0.25, 0.3) is 0 Å². The molecule has 1 amide bonds. The number of ether oxygens (including phenoxy) is 1. The number of nitrogens with zero attached hydrogens (tertiary/aromatic N) is 3. The molecule has 0 aromatic heterocycles. The lowest BCUT2D eigenvalue weighted by Gasteiger charge is -2.64. The number of hydrogen-bond donors (Lipinski definition) is 0. The van der Waals surface area contributed by atoms with E-state index in [1.807, 2.05) is 20.8 Å². The van der Waals surface area contributed by atoms with E-state index in [0.29, 0.717) is 26.2 Å². The Morgan fingerprint density at radius 3 is 2.38 bits per heavy atom. The maximum absolute atomic E-state index is 13.1. The van der Waals surface area contributed by atoms with Gasteiger partial charge in [-0.3, -0.25) is 4.90 Å². The first-order chi connectivity index (χ1) is 9.71. The molecule has 0 aromatic rings. The molecular weight excluding hydrogens is 270 g/mol. The summed E-state index contributed by atoms with van der Waals surface area (Å²) in [6, 6.07) is 2.15. The second-order valence-corrected chi connectivity index (χ2v) is 7.29. The molecule has 0 saturated carbocycles. The summed E-state index contributed by atoms with van der Waals surface area (Å²) >= 11 is 0. The van der Waals surface area contributed by atoms with Gasteiger partial charge >= 0.3 is 6.09 Å². The molecule has 2 aliphatic heterocycles. The molecule has 0 aliphatic carbocycles. The van der Waals surface area contributed by atoms with Gasteiger partial charge in [0.25, 0.3) is 0 Å². The number of quaternary nitrogens is 1. The van der Waals surface area contributed by atoms with Crippen molar-refractivity contribution in [2.24, 2.45) is 0 Å². The van der Waals surface area contributed by atoms with Crippen LogP contribution >= 0.6 is 0 Å². The van der Waals surface area contributed by atoms with Gasteiger partial charge in [0.2, 0.25) is 0 Å². The van der Waals surface area contributed by atoms with Gasteiger partial charge in [-0.15, -0.1) is 0 Å². The Balaban J connectivity index is 2.04. The van der Waals surface area contributed by atoms with Gasteiger partial charge in [-0.05, 0) is 40.0 Å². The zero-order chi connectivity index (χ0) is 15.7. The van der Waals surface area contributed by atoms with Crippen LogP contribution in [0, 0.1) is 16.5 Å². The number of amides is 1. The fourth-order valence-corrected chi connectivity index (χ4v) is 3.28. The molecule has 2 heterocycles. The van der Waals surface area contributed by atoms with Crippen molar-refractivity contribution in [3.05, 3.63) is 5.21 Å². The first-order valence-electron chi connectivity index (χ1n) is 7.64. The van der Waals surface area contributed by atoms with Crippen LogP contribution in [0.1, 0.15) is 46.5 Å². The number of nitriles is 1. The zero-order valence-electron chi connectivity index (χ0n) is 13.2. The summed E-state index contributed by atoms with van der Waals surface area (Å²) < 4.78 is 5.01. The first kappa shape index (κ1) is 16.1. The predicted molar refractivity (Wildman–Crippen MR) is 78.0 cm³/mol. The van der Waals surface area contributed by atoms with Crippen molar-refractivity contribution in [3.8, 4) is 6.07 Å². The average Bonchev–Trinajstić information content (AvgIpc) is 2.31. The lowest BCUT2D eigenvalue weighted by atomic mass is 9.82. The van der Waals surface area contributed by atoms with E-state index in [1.54, 1.807) is 4.90 Å². The largest absolute Gasteiger partial charge is 0.632 e. The van der Waals surface area contributed by atoms with Crippen LogP contribution in [0.2, 0.25) is 0 Å². The first-order valence-corrected chi connectivity index (χ1v) is 7.64. The molecular formula is C15H25N3O3. The van der Waals surface area contributed by atoms with Crippen molar-refractivity contribution in [2.75, 3.05) is 26.2 Å². The van der Waals surface area contributed by atoms with Gasteiger partial charge in [0.15, 0.2) is 0 Å². The number of rotatable bonds is 2. The van der Waals surface area contributed by atoms with Crippen molar-refractivity contribution in [1.82, 2.24) is 4.90 Å². The Morgan fingerprint density at radius 1 is 1.33 bits per heavy atom. The Bertz CT molecular complexity index is 438. The Morgan fingerprint density at radius 2 is 1.90 bits per heavy atom. The second-order valence-electron chi connectivity index (χ2n) is 7.29. The lowest BCUT2D eigenvalue weighted by Crippen LogP contribution is -2.78. The van der Waals surface area contributed by atoms with Gasteiger partial charge in [0, 0.05) is 0 Å². The minimum absolute atomic E-state index is 0.204. The molecule has 2 fully saturated rings. The molecule has 2 rings (SSSR count). The summed E-state index contributed by atoms with van der Waals surface area (Å²) in [5.74, 6) is 0. The van der Waals surface area contributed by atoms with E-state index >= 15 is 0 Å². The molecule has 6 nitrogen and oxygen atoms in total. The normalized spacial score (nSPS) is 23.9. The molecule has 0 unspecified atom stereocenters. The number of hydroxylamine groups is 3. The third-order valence-corrected chi connectivity index (χ3v) is 4.43. The van der Waals surface area contributed by atoms with Crippen LogP contribution in [0.3, 0.4) is 0 Å². The minimum Gasteiger partial charge on any atom is -0.632 e. The molecule has 0 atom stereocenters. The second kappa shape index (κ2) is 5.47. The van der Waals surface area contributed by atoms with Gasteiger partial charge < -0.3 is 14.6 Å². The summed E-state index contributed by atoms with van der Waals surface area (Å²) in [5, 5.41) is 22.2. The van der Waals surface area contributed by atoms with Crippen LogP contribution in [0.5, 0.6) is 0 Å². The molecule has 0 N–H and O–H groups in total. The number of hydrogen-bond acceptors (Lipinski definition) is 4. The monoisotopic (exact) mass is 295 g/mol. The fourth-order valence-electron chi connectivity index (χ4n) is 3.28. The van der Waals surface area contributed by atoms with Crippen LogP contribution < -0.4 is 0 Å². The molecule has 6 heteroatoms. The van der Waals surface area contributed by atoms with Crippen LogP contribution in [-0.2, 0) is 4.74 Å². The minimum atomic E-state index is -0.647. The molecule has 21 heavy (non-hydrogen) atoms. The lowest BCUT2D eigenvalue weighted by molar-refractivity contribution is -0.941. The Labute approximate surface area is 126 Å². The highest BCUT2D eigenvalue weighted by Gasteiger charge is 2.57. The van der Waals surface area contributed by atoms with Crippen LogP contribution in [0.15, 0.2) is 0 Å². The van der Waals surface area contributed by atoms with E-state index < -0.39 is 11.1 Å². The van der Waals surface area contributed by atoms with Gasteiger partial charge in [0.1, 0.15) is 11.1 Å². The maximum atomic E-state index is 13.1. The summed E-state index contributed by atoms with van der Waals surface area (Å²) in [6.07, 6.45) is 2.71. The zero-order valence-corrected chi connectivity index (χ0v) is 13.2. The summed E-state index contributed by atoms with van der Waals surface area (Å²) in [6.45, 7) is 7.24. The summed E-state index contributed by atoms with van der Waals surface area (Å²) in [4.78, 5) is 13.6. The van der Waals surface area contributed by atoms with E-state index in [1.165, 1.54) is 0 Å². The topological polar surface area (TPSA) is 76.4 Å². The smallest absolute Gasteiger partial charge is 0.410 e. The van der Waals surface area contributed by atoms with Crippen LogP contribution in [-0.4, -0.2) is 53.0 Å². The highest BCUT2D eigenvalue weighted by Crippen LogP contribution is 2.39. The third kappa shape index (κ3) is 3.14. The van der Waals surface area contributed by atoms with Crippen molar-refractivity contribution < 1.29 is 14.2 Å². The quantitative estimate of drug-likeness (QED) is 0.579. The molecule has 0 radical (unpaired) electrons. The van der Waals surface area contributed by atoms with Gasteiger partial charge in [-0.25, -0.2) is 4.79 Å². The van der Waals surface area contributed by atoms with E-state index in [2.05, 4.69) is 6.07 Å². The van der Waals surface area contributed by atoms with Crippen molar-refractivity contribution >= 4 is 6.09 Å². The van der Waals surface area contributed by atoms with Gasteiger partial charge in [-0.1, -0.05) is 0 Å². The molecule has 2 aliphatic rings. The van der Waals surface area contributed by atoms with Crippen LogP contribution in [0.4, 0.5) is 4.79 Å². The highest BCUT2D eigenvalue weighted by molar-refractivity contribution is 5.69. The SMILES string of the molecule is CC(C)(C)OC(=O)N1CC(CC#N)([N+]2([O-])CCCCC2)C1. The Kier molecular flexibility index (Phi) is 4.18. The van der Waals surface area contributed by atoms with E-state index in [0.717, 1.165) is 19.3 Å². The molecule has 0 bridgehead atoms. The van der Waals surface area contributed by atoms with Crippen molar-refractivity contribution in [2.45, 2.75) is 57.6 Å². The molecule has 2 saturated heterocycles. The molecule has 0 aromatic carbocycles. The highest BCUT2D eigenvalue weighted by atomic mass is 16.6. The average molecular weight is 295 g/mol. The van der Waals surface area contributed by atoms with E-state index in [4.69, 9.17) is 10.00 Å². The van der Waals surface area contributed by atoms with Crippen molar-refractivity contribution in [1.29, 1.82) is 5.26 Å². The summed E-state index contributed by atoms with van der Waals surface area (Å²) in [5.41, 5.74) is -1.19. The third-order valence-electron chi connectivity index (χ3n) is 4.43. The van der Waals surface area contributed by atoms with Crippen molar-refractivity contribution in [3.63, 3.8) is 0 Å². The van der Waals surface area contributed by atoms with Gasteiger partial charge in [-0.2, -0.15) is 5.26 Å². The predicted octanol–water partition coefficient (Wildman–Crippen LogP) is 2.39. The standard InChI is InChI=1S/C15H25N3O3/c1-14(2,3)21-13(19)17-11-15(12-17,7-8-16)18(20)9-5-4-6-10-18/h4-7,9-12H2,1-3H3. The number of likely N-dealkylation sites (tertiary alicyclic amines) is 2. The fraction of sp³-hybridized carbons (Fsp3) is 0.867. The maximum Gasteiger partial charge on any atom is 0.410 e. The number of carbonyl (C=O) groups is 1.